The molecule has 0 spiro atoms. The second kappa shape index (κ2) is 8.70. The lowest BCUT2D eigenvalue weighted by atomic mass is 10.2. The zero-order valence-electron chi connectivity index (χ0n) is 12.0. The molecule has 3 nitrogen and oxygen atoms in total. The van der Waals surface area contributed by atoms with Gasteiger partial charge in [0.05, 0.1) is 19.6 Å². The van der Waals surface area contributed by atoms with E-state index in [-0.39, 0.29) is 0 Å². The predicted octanol–water partition coefficient (Wildman–Crippen LogP) is 1.82. The van der Waals surface area contributed by atoms with Gasteiger partial charge in [0.15, 0.2) is 0 Å². The van der Waals surface area contributed by atoms with Crippen molar-refractivity contribution in [1.82, 2.24) is 0 Å². The van der Waals surface area contributed by atoms with Crippen molar-refractivity contribution in [3.63, 3.8) is 0 Å². The minimum absolute atomic E-state index is 0.972. The van der Waals surface area contributed by atoms with Gasteiger partial charge in [-0.1, -0.05) is 30.3 Å². The molecule has 0 N–H and O–H groups in total. The second-order valence-electron chi connectivity index (χ2n) is 4.43. The first kappa shape index (κ1) is 16.6. The maximum Gasteiger partial charge on any atom is 0.104 e. The number of carbonyl (C=O) groups is 1. The number of hydrogen-bond donors (Lipinski definition) is 0. The molecule has 0 saturated carbocycles. The molecule has 18 heavy (non-hydrogen) atoms. The number of quaternary nitrogens is 1. The molecule has 102 valence electrons. The Morgan fingerprint density at radius 1 is 1.06 bits per heavy atom. The number of carbonyl (C=O) groups excluding carboxylic acids is 1. The molecule has 0 fully saturated rings. The van der Waals surface area contributed by atoms with Crippen molar-refractivity contribution in [3.8, 4) is 0 Å². The molecule has 0 saturated heterocycles. The van der Waals surface area contributed by atoms with Crippen molar-refractivity contribution in [3.05, 3.63) is 35.9 Å². The van der Waals surface area contributed by atoms with E-state index >= 15 is 0 Å². The highest BCUT2D eigenvalue weighted by atomic mass is 16.4. The van der Waals surface area contributed by atoms with Gasteiger partial charge in [-0.25, -0.2) is 0 Å². The van der Waals surface area contributed by atoms with Crippen molar-refractivity contribution in [2.75, 3.05) is 19.6 Å². The van der Waals surface area contributed by atoms with Crippen LogP contribution in [0.2, 0.25) is 0 Å². The van der Waals surface area contributed by atoms with Gasteiger partial charge >= 0.3 is 0 Å². The highest BCUT2D eigenvalue weighted by Crippen LogP contribution is 2.13. The Balaban J connectivity index is 0.000000631. The molecule has 0 aliphatic carbocycles. The zero-order chi connectivity index (χ0) is 14.0. The van der Waals surface area contributed by atoms with Crippen LogP contribution in [0.1, 0.15) is 33.3 Å². The lowest BCUT2D eigenvalue weighted by Crippen LogP contribution is -2.46. The number of carboxylic acid groups (broad SMARTS) is 1. The van der Waals surface area contributed by atoms with E-state index in [1.807, 2.05) is 0 Å². The van der Waals surface area contributed by atoms with Crippen molar-refractivity contribution < 1.29 is 14.4 Å². The Morgan fingerprint density at radius 2 is 1.44 bits per heavy atom. The van der Waals surface area contributed by atoms with Crippen molar-refractivity contribution in [2.45, 2.75) is 34.2 Å². The van der Waals surface area contributed by atoms with Gasteiger partial charge in [0.25, 0.3) is 0 Å². The maximum atomic E-state index is 8.89. The van der Waals surface area contributed by atoms with Crippen molar-refractivity contribution >= 4 is 5.97 Å². The number of hydrogen-bond acceptors (Lipinski definition) is 2. The molecule has 0 radical (unpaired) electrons. The fourth-order valence-corrected chi connectivity index (χ4v) is 1.98. The Kier molecular flexibility index (Phi) is 8.05. The molecule has 0 aliphatic rings. The van der Waals surface area contributed by atoms with E-state index in [0.717, 1.165) is 6.92 Å². The topological polar surface area (TPSA) is 40.1 Å². The summed E-state index contributed by atoms with van der Waals surface area (Å²) >= 11 is 0. The summed E-state index contributed by atoms with van der Waals surface area (Å²) in [7, 11) is 0. The summed E-state index contributed by atoms with van der Waals surface area (Å²) in [6.07, 6.45) is 0. The van der Waals surface area contributed by atoms with Crippen molar-refractivity contribution in [1.29, 1.82) is 0 Å². The summed E-state index contributed by atoms with van der Waals surface area (Å²) in [5.41, 5.74) is 1.46. The smallest absolute Gasteiger partial charge is 0.104 e. The fraction of sp³-hybridized carbons (Fsp3) is 0.533. The van der Waals surface area contributed by atoms with Crippen LogP contribution >= 0.6 is 0 Å². The molecule has 3 heteroatoms. The van der Waals surface area contributed by atoms with Crippen LogP contribution in [0.5, 0.6) is 0 Å². The molecule has 0 amide bonds. The molecule has 0 atom stereocenters. The maximum absolute atomic E-state index is 8.89. The average molecular weight is 251 g/mol. The summed E-state index contributed by atoms with van der Waals surface area (Å²) in [4.78, 5) is 8.89. The third kappa shape index (κ3) is 6.40. The normalized spacial score (nSPS) is 10.4. The van der Waals surface area contributed by atoms with Crippen LogP contribution in [-0.2, 0) is 11.3 Å². The summed E-state index contributed by atoms with van der Waals surface area (Å²) in [5, 5.41) is 8.89. The zero-order valence-corrected chi connectivity index (χ0v) is 12.0. The van der Waals surface area contributed by atoms with Crippen LogP contribution in [-0.4, -0.2) is 30.1 Å². The molecule has 0 bridgehead atoms. The van der Waals surface area contributed by atoms with Gasteiger partial charge in [-0.15, -0.1) is 0 Å². The molecule has 0 aliphatic heterocycles. The summed E-state index contributed by atoms with van der Waals surface area (Å²) in [6, 6.07) is 10.8. The van der Waals surface area contributed by atoms with E-state index in [4.69, 9.17) is 9.90 Å². The average Bonchev–Trinajstić information content (AvgIpc) is 2.37. The summed E-state index contributed by atoms with van der Waals surface area (Å²) in [6.45, 7) is 12.7. The third-order valence-corrected chi connectivity index (χ3v) is 3.37. The van der Waals surface area contributed by atoms with Crippen LogP contribution in [0.15, 0.2) is 30.3 Å². The second-order valence-corrected chi connectivity index (χ2v) is 4.43. The van der Waals surface area contributed by atoms with E-state index in [0.29, 0.717) is 0 Å². The summed E-state index contributed by atoms with van der Waals surface area (Å²) in [5.74, 6) is -1.08. The van der Waals surface area contributed by atoms with Gasteiger partial charge in [-0.2, -0.15) is 0 Å². The minimum atomic E-state index is -1.08. The van der Waals surface area contributed by atoms with Gasteiger partial charge in [-0.05, 0) is 27.7 Å². The number of rotatable bonds is 5. The molecule has 1 aromatic rings. The first-order valence-corrected chi connectivity index (χ1v) is 6.56. The Labute approximate surface area is 111 Å². The van der Waals surface area contributed by atoms with Crippen LogP contribution < -0.4 is 5.11 Å². The van der Waals surface area contributed by atoms with Crippen LogP contribution in [0, 0.1) is 0 Å². The first-order valence-electron chi connectivity index (χ1n) is 6.56. The van der Waals surface area contributed by atoms with E-state index in [9.17, 15) is 0 Å². The largest absolute Gasteiger partial charge is 0.550 e. The lowest BCUT2D eigenvalue weighted by Gasteiger charge is -2.35. The van der Waals surface area contributed by atoms with E-state index in [1.165, 1.54) is 36.2 Å². The van der Waals surface area contributed by atoms with E-state index < -0.39 is 5.97 Å². The van der Waals surface area contributed by atoms with Gasteiger partial charge in [0, 0.05) is 11.5 Å². The predicted molar refractivity (Wildman–Crippen MR) is 72.7 cm³/mol. The third-order valence-electron chi connectivity index (χ3n) is 3.37. The molecule has 1 aromatic carbocycles. The number of aliphatic carboxylic acids is 1. The van der Waals surface area contributed by atoms with E-state index in [1.54, 1.807) is 0 Å². The SMILES string of the molecule is CC(=O)[O-].CC[N+](CC)(CC)Cc1ccccc1. The number of carboxylic acids is 1. The fourth-order valence-electron chi connectivity index (χ4n) is 1.98. The lowest BCUT2D eigenvalue weighted by molar-refractivity contribution is -0.936. The number of benzene rings is 1. The minimum Gasteiger partial charge on any atom is -0.550 e. The Bertz CT molecular complexity index is 319. The van der Waals surface area contributed by atoms with Gasteiger partial charge in [-0.3, -0.25) is 0 Å². The van der Waals surface area contributed by atoms with Gasteiger partial charge in [0.2, 0.25) is 0 Å². The molecule has 0 unspecified atom stereocenters. The summed E-state index contributed by atoms with van der Waals surface area (Å²) < 4.78 is 1.20. The monoisotopic (exact) mass is 251 g/mol. The Morgan fingerprint density at radius 3 is 1.78 bits per heavy atom. The Hall–Kier alpha value is -1.35. The number of nitrogens with zero attached hydrogens (tertiary/aromatic N) is 1. The molecule has 0 aromatic heterocycles. The van der Waals surface area contributed by atoms with E-state index in [2.05, 4.69) is 51.1 Å². The van der Waals surface area contributed by atoms with Gasteiger partial charge in [0.1, 0.15) is 6.54 Å². The highest BCUT2D eigenvalue weighted by Gasteiger charge is 2.20. The van der Waals surface area contributed by atoms with Gasteiger partial charge < -0.3 is 14.4 Å². The molecule has 1 rings (SSSR count). The highest BCUT2D eigenvalue weighted by molar-refractivity contribution is 5.60. The molecular weight excluding hydrogens is 226 g/mol. The first-order chi connectivity index (χ1) is 8.49. The quantitative estimate of drug-likeness (QED) is 0.749. The van der Waals surface area contributed by atoms with Crippen LogP contribution in [0.4, 0.5) is 0 Å². The van der Waals surface area contributed by atoms with Crippen LogP contribution in [0.3, 0.4) is 0 Å². The van der Waals surface area contributed by atoms with Crippen molar-refractivity contribution in [2.24, 2.45) is 0 Å². The van der Waals surface area contributed by atoms with Crippen LogP contribution in [0.25, 0.3) is 0 Å². The standard InChI is InChI=1S/C13H22N.C2H4O2/c1-4-14(5-2,6-3)12-13-10-8-7-9-11-13;1-2(3)4/h7-11H,4-6,12H2,1-3H3;1H3,(H,3,4)/q+1;/p-1. The molecule has 0 heterocycles. The molecular formula is C15H25NO2.